The third-order valence-corrected chi connectivity index (χ3v) is 4.59. The van der Waals surface area contributed by atoms with E-state index in [1.165, 1.54) is 0 Å². The van der Waals surface area contributed by atoms with Crippen LogP contribution in [0, 0.1) is 12.8 Å². The van der Waals surface area contributed by atoms with Gasteiger partial charge in [-0.25, -0.2) is 0 Å². The summed E-state index contributed by atoms with van der Waals surface area (Å²) in [6.45, 7) is 6.57. The summed E-state index contributed by atoms with van der Waals surface area (Å²) < 4.78 is 0. The van der Waals surface area contributed by atoms with Gasteiger partial charge in [-0.3, -0.25) is 9.59 Å². The molecule has 1 N–H and O–H groups in total. The van der Waals surface area contributed by atoms with Gasteiger partial charge in [0.2, 0.25) is 11.8 Å². The number of amides is 2. The molecule has 1 aliphatic rings. The molecule has 0 radical (unpaired) electrons. The van der Waals surface area contributed by atoms with Crippen LogP contribution < -0.4 is 5.32 Å². The Morgan fingerprint density at radius 1 is 1.41 bits per heavy atom. The standard InChI is InChI=1S/C17H23ClN2O2/c1-4-14(5-2)20-10-12(9-16(20)21)17(22)19-15-7-6-13(18)8-11(15)3/h6-8,12,14H,4-5,9-10H2,1-3H3,(H,19,22). The van der Waals surface area contributed by atoms with E-state index in [4.69, 9.17) is 11.6 Å². The van der Waals surface area contributed by atoms with Crippen molar-refractivity contribution < 1.29 is 9.59 Å². The smallest absolute Gasteiger partial charge is 0.229 e. The fraction of sp³-hybridized carbons (Fsp3) is 0.529. The van der Waals surface area contributed by atoms with E-state index in [1.807, 2.05) is 17.9 Å². The molecule has 120 valence electrons. The maximum atomic E-state index is 12.4. The Balaban J connectivity index is 2.03. The second kappa shape index (κ2) is 7.14. The highest BCUT2D eigenvalue weighted by Crippen LogP contribution is 2.25. The molecule has 1 saturated heterocycles. The summed E-state index contributed by atoms with van der Waals surface area (Å²) in [5.41, 5.74) is 1.67. The first-order valence-electron chi connectivity index (χ1n) is 7.82. The third-order valence-electron chi connectivity index (χ3n) is 4.36. The number of benzene rings is 1. The van der Waals surface area contributed by atoms with Gasteiger partial charge in [-0.05, 0) is 43.5 Å². The molecule has 0 saturated carbocycles. The van der Waals surface area contributed by atoms with Crippen LogP contribution in [0.1, 0.15) is 38.7 Å². The monoisotopic (exact) mass is 322 g/mol. The number of hydrogen-bond acceptors (Lipinski definition) is 2. The summed E-state index contributed by atoms with van der Waals surface area (Å²) in [5, 5.41) is 3.56. The second-order valence-electron chi connectivity index (χ2n) is 5.87. The summed E-state index contributed by atoms with van der Waals surface area (Å²) in [6.07, 6.45) is 2.15. The number of carbonyl (C=O) groups excluding carboxylic acids is 2. The highest BCUT2D eigenvalue weighted by atomic mass is 35.5. The Kier molecular flexibility index (Phi) is 5.46. The predicted molar refractivity (Wildman–Crippen MR) is 89.0 cm³/mol. The van der Waals surface area contributed by atoms with Crippen LogP contribution >= 0.6 is 11.6 Å². The highest BCUT2D eigenvalue weighted by Gasteiger charge is 2.36. The summed E-state index contributed by atoms with van der Waals surface area (Å²) in [7, 11) is 0. The first kappa shape index (κ1) is 16.8. The molecule has 1 unspecified atom stereocenters. The van der Waals surface area contributed by atoms with Gasteiger partial charge in [0.25, 0.3) is 0 Å². The summed E-state index contributed by atoms with van der Waals surface area (Å²) in [6, 6.07) is 5.60. The van der Waals surface area contributed by atoms with E-state index in [9.17, 15) is 9.59 Å². The van der Waals surface area contributed by atoms with E-state index in [2.05, 4.69) is 19.2 Å². The molecular weight excluding hydrogens is 300 g/mol. The number of hydrogen-bond donors (Lipinski definition) is 1. The molecule has 2 amide bonds. The van der Waals surface area contributed by atoms with Crippen LogP contribution in [-0.4, -0.2) is 29.3 Å². The molecule has 0 spiro atoms. The van der Waals surface area contributed by atoms with Gasteiger partial charge in [-0.15, -0.1) is 0 Å². The highest BCUT2D eigenvalue weighted by molar-refractivity contribution is 6.30. The van der Waals surface area contributed by atoms with Crippen molar-refractivity contribution in [1.29, 1.82) is 0 Å². The van der Waals surface area contributed by atoms with Gasteiger partial charge in [0, 0.05) is 29.7 Å². The number of halogens is 1. The maximum absolute atomic E-state index is 12.4. The first-order chi connectivity index (χ1) is 10.5. The Labute approximate surface area is 136 Å². The number of rotatable bonds is 5. The van der Waals surface area contributed by atoms with Gasteiger partial charge in [-0.2, -0.15) is 0 Å². The van der Waals surface area contributed by atoms with E-state index < -0.39 is 0 Å². The molecule has 1 atom stereocenters. The lowest BCUT2D eigenvalue weighted by Crippen LogP contribution is -2.36. The van der Waals surface area contributed by atoms with E-state index in [-0.39, 0.29) is 23.8 Å². The van der Waals surface area contributed by atoms with Crippen molar-refractivity contribution in [2.45, 2.75) is 46.1 Å². The van der Waals surface area contributed by atoms with E-state index in [0.717, 1.165) is 24.1 Å². The summed E-state index contributed by atoms with van der Waals surface area (Å²) >= 11 is 5.92. The molecule has 0 aromatic heterocycles. The summed E-state index contributed by atoms with van der Waals surface area (Å²) in [5.74, 6) is -0.280. The van der Waals surface area contributed by atoms with Crippen molar-refractivity contribution in [2.24, 2.45) is 5.92 Å². The topological polar surface area (TPSA) is 49.4 Å². The van der Waals surface area contributed by atoms with Crippen LogP contribution in [0.4, 0.5) is 5.69 Å². The van der Waals surface area contributed by atoms with Gasteiger partial charge in [0.1, 0.15) is 0 Å². The Morgan fingerprint density at radius 3 is 2.68 bits per heavy atom. The zero-order valence-corrected chi connectivity index (χ0v) is 14.1. The molecule has 1 aromatic carbocycles. The minimum Gasteiger partial charge on any atom is -0.339 e. The fourth-order valence-electron chi connectivity index (χ4n) is 2.99. The summed E-state index contributed by atoms with van der Waals surface area (Å²) in [4.78, 5) is 26.4. The van der Waals surface area contributed by atoms with Crippen molar-refractivity contribution in [3.63, 3.8) is 0 Å². The van der Waals surface area contributed by atoms with Gasteiger partial charge in [0.15, 0.2) is 0 Å². The second-order valence-corrected chi connectivity index (χ2v) is 6.30. The fourth-order valence-corrected chi connectivity index (χ4v) is 3.22. The van der Waals surface area contributed by atoms with Crippen molar-refractivity contribution in [3.8, 4) is 0 Å². The Hall–Kier alpha value is -1.55. The van der Waals surface area contributed by atoms with Crippen molar-refractivity contribution in [1.82, 2.24) is 4.90 Å². The minimum atomic E-state index is -0.275. The van der Waals surface area contributed by atoms with E-state index in [0.29, 0.717) is 18.0 Å². The molecule has 22 heavy (non-hydrogen) atoms. The molecule has 0 aliphatic carbocycles. The minimum absolute atomic E-state index is 0.0849. The quantitative estimate of drug-likeness (QED) is 0.900. The van der Waals surface area contributed by atoms with Crippen LogP contribution in [-0.2, 0) is 9.59 Å². The van der Waals surface area contributed by atoms with Gasteiger partial charge in [0.05, 0.1) is 5.92 Å². The molecule has 1 aliphatic heterocycles. The molecule has 0 bridgehead atoms. The van der Waals surface area contributed by atoms with E-state index in [1.54, 1.807) is 12.1 Å². The van der Waals surface area contributed by atoms with Gasteiger partial charge in [-0.1, -0.05) is 25.4 Å². The van der Waals surface area contributed by atoms with Crippen molar-refractivity contribution >= 4 is 29.1 Å². The van der Waals surface area contributed by atoms with Crippen LogP contribution in [0.25, 0.3) is 0 Å². The first-order valence-corrected chi connectivity index (χ1v) is 8.20. The average molecular weight is 323 g/mol. The molecule has 1 heterocycles. The van der Waals surface area contributed by atoms with Crippen LogP contribution in [0.3, 0.4) is 0 Å². The lowest BCUT2D eigenvalue weighted by atomic mass is 10.1. The van der Waals surface area contributed by atoms with Gasteiger partial charge < -0.3 is 10.2 Å². The third kappa shape index (κ3) is 3.61. The molecule has 1 fully saturated rings. The van der Waals surface area contributed by atoms with Crippen LogP contribution in [0.5, 0.6) is 0 Å². The zero-order valence-electron chi connectivity index (χ0n) is 13.4. The number of carbonyl (C=O) groups is 2. The predicted octanol–water partition coefficient (Wildman–Crippen LogP) is 3.62. The number of anilines is 1. The van der Waals surface area contributed by atoms with Crippen LogP contribution in [0.15, 0.2) is 18.2 Å². The number of likely N-dealkylation sites (tertiary alicyclic amines) is 1. The zero-order chi connectivity index (χ0) is 16.3. The normalized spacial score (nSPS) is 18.1. The maximum Gasteiger partial charge on any atom is 0.229 e. The number of nitrogens with one attached hydrogen (secondary N) is 1. The lowest BCUT2D eigenvalue weighted by molar-refractivity contribution is -0.130. The molecule has 5 heteroatoms. The van der Waals surface area contributed by atoms with Crippen molar-refractivity contribution in [3.05, 3.63) is 28.8 Å². The molecule has 4 nitrogen and oxygen atoms in total. The molecule has 2 rings (SSSR count). The van der Waals surface area contributed by atoms with E-state index >= 15 is 0 Å². The van der Waals surface area contributed by atoms with Crippen LogP contribution in [0.2, 0.25) is 5.02 Å². The number of aryl methyl sites for hydroxylation is 1. The van der Waals surface area contributed by atoms with Crippen molar-refractivity contribution in [2.75, 3.05) is 11.9 Å². The Bertz CT molecular complexity index is 570. The largest absolute Gasteiger partial charge is 0.339 e. The number of nitrogens with zero attached hydrogens (tertiary/aromatic N) is 1. The van der Waals surface area contributed by atoms with Gasteiger partial charge >= 0.3 is 0 Å². The SMILES string of the molecule is CCC(CC)N1CC(C(=O)Nc2ccc(Cl)cc2C)CC1=O. The average Bonchev–Trinajstić information content (AvgIpc) is 2.86. The molecular formula is C17H23ClN2O2. The molecule has 1 aromatic rings. The lowest BCUT2D eigenvalue weighted by Gasteiger charge is -2.26. The Morgan fingerprint density at radius 2 is 2.09 bits per heavy atom.